The van der Waals surface area contributed by atoms with E-state index in [0.717, 1.165) is 0 Å². The van der Waals surface area contributed by atoms with E-state index >= 15 is 0 Å². The van der Waals surface area contributed by atoms with Crippen LogP contribution >= 0.6 is 0 Å². The molecule has 2 unspecified atom stereocenters. The molecule has 0 aliphatic carbocycles. The number of nitrogens with two attached hydrogens (primary N) is 1. The zero-order valence-corrected chi connectivity index (χ0v) is 9.90. The molecule has 0 fully saturated rings. The van der Waals surface area contributed by atoms with Crippen LogP contribution in [0.25, 0.3) is 0 Å². The lowest BCUT2D eigenvalue weighted by atomic mass is 10.0. The van der Waals surface area contributed by atoms with Gasteiger partial charge in [0.05, 0.1) is 6.04 Å². The van der Waals surface area contributed by atoms with Crippen molar-refractivity contribution in [3.8, 4) is 0 Å². The summed E-state index contributed by atoms with van der Waals surface area (Å²) in [4.78, 5) is 22.3. The second-order valence-electron chi connectivity index (χ2n) is 3.96. The Morgan fingerprint density at radius 3 is 2.38 bits per heavy atom. The maximum atomic E-state index is 11.5. The van der Waals surface area contributed by atoms with Crippen LogP contribution < -0.4 is 11.1 Å². The molecular weight excluding hydrogens is 212 g/mol. The average Bonchev–Trinajstić information content (AvgIpc) is 2.20. The number of aliphatic carboxylic acids is 1. The van der Waals surface area contributed by atoms with Crippen molar-refractivity contribution in [3.63, 3.8) is 0 Å². The Kier molecular flexibility index (Phi) is 6.67. The number of carbonyl (C=O) groups excluding carboxylic acids is 1. The molecule has 2 atom stereocenters. The van der Waals surface area contributed by atoms with Gasteiger partial charge < -0.3 is 20.9 Å². The molecule has 0 saturated heterocycles. The number of methoxy groups -OCH3 is 1. The standard InChI is InChI=1S/C10H20N2O4/c1-6(2)8(10(14)15)12-9(13)7(11)4-5-16-3/h6-8H,4-5,11H2,1-3H3,(H,12,13)(H,14,15). The van der Waals surface area contributed by atoms with Crippen LogP contribution in [0, 0.1) is 5.92 Å². The molecule has 0 aliphatic rings. The van der Waals surface area contributed by atoms with Gasteiger partial charge in [-0.15, -0.1) is 0 Å². The zero-order chi connectivity index (χ0) is 12.7. The number of rotatable bonds is 7. The van der Waals surface area contributed by atoms with Crippen LogP contribution in [0.3, 0.4) is 0 Å². The van der Waals surface area contributed by atoms with Gasteiger partial charge in [-0.05, 0) is 12.3 Å². The number of nitrogens with one attached hydrogen (secondary N) is 1. The summed E-state index contributed by atoms with van der Waals surface area (Å²) in [6.07, 6.45) is 0.368. The molecule has 0 spiro atoms. The first-order valence-electron chi connectivity index (χ1n) is 5.17. The second-order valence-corrected chi connectivity index (χ2v) is 3.96. The average molecular weight is 232 g/mol. The Morgan fingerprint density at radius 1 is 1.44 bits per heavy atom. The fourth-order valence-corrected chi connectivity index (χ4v) is 1.15. The van der Waals surface area contributed by atoms with E-state index in [1.165, 1.54) is 7.11 Å². The number of carboxylic acids is 1. The van der Waals surface area contributed by atoms with Crippen molar-refractivity contribution in [2.24, 2.45) is 11.7 Å². The van der Waals surface area contributed by atoms with Crippen LogP contribution in [-0.2, 0) is 14.3 Å². The molecular formula is C10H20N2O4. The second kappa shape index (κ2) is 7.19. The molecule has 0 saturated carbocycles. The molecule has 0 aromatic carbocycles. The summed E-state index contributed by atoms with van der Waals surface area (Å²) in [5.74, 6) is -1.70. The largest absolute Gasteiger partial charge is 0.480 e. The maximum absolute atomic E-state index is 11.5. The zero-order valence-electron chi connectivity index (χ0n) is 9.90. The number of hydrogen-bond acceptors (Lipinski definition) is 4. The van der Waals surface area contributed by atoms with Gasteiger partial charge in [0.25, 0.3) is 0 Å². The third-order valence-corrected chi connectivity index (χ3v) is 2.20. The minimum Gasteiger partial charge on any atom is -0.480 e. The van der Waals surface area contributed by atoms with E-state index in [9.17, 15) is 9.59 Å². The van der Waals surface area contributed by atoms with Gasteiger partial charge in [-0.3, -0.25) is 4.79 Å². The molecule has 0 heterocycles. The highest BCUT2D eigenvalue weighted by molar-refractivity contribution is 5.86. The molecule has 0 aromatic heterocycles. The Bertz CT molecular complexity index is 243. The van der Waals surface area contributed by atoms with Crippen molar-refractivity contribution >= 4 is 11.9 Å². The summed E-state index contributed by atoms with van der Waals surface area (Å²) in [5.41, 5.74) is 5.57. The highest BCUT2D eigenvalue weighted by Crippen LogP contribution is 2.02. The van der Waals surface area contributed by atoms with Crippen LogP contribution in [0.4, 0.5) is 0 Å². The Morgan fingerprint density at radius 2 is 2.00 bits per heavy atom. The molecule has 0 rings (SSSR count). The summed E-state index contributed by atoms with van der Waals surface area (Å²) < 4.78 is 4.79. The van der Waals surface area contributed by atoms with Gasteiger partial charge in [-0.25, -0.2) is 4.79 Å². The number of carbonyl (C=O) groups is 2. The van der Waals surface area contributed by atoms with Gasteiger partial charge in [0.1, 0.15) is 6.04 Å². The summed E-state index contributed by atoms with van der Waals surface area (Å²) in [7, 11) is 1.51. The van der Waals surface area contributed by atoms with Gasteiger partial charge in [0.15, 0.2) is 0 Å². The quantitative estimate of drug-likeness (QED) is 0.553. The first-order valence-corrected chi connectivity index (χ1v) is 5.17. The smallest absolute Gasteiger partial charge is 0.326 e. The molecule has 94 valence electrons. The molecule has 6 heteroatoms. The maximum Gasteiger partial charge on any atom is 0.326 e. The van der Waals surface area contributed by atoms with Crippen LogP contribution in [0.2, 0.25) is 0 Å². The van der Waals surface area contributed by atoms with Crippen LogP contribution in [0.1, 0.15) is 20.3 Å². The number of carboxylic acid groups (broad SMARTS) is 1. The molecule has 1 amide bonds. The van der Waals surface area contributed by atoms with Gasteiger partial charge in [-0.1, -0.05) is 13.8 Å². The van der Waals surface area contributed by atoms with E-state index < -0.39 is 24.0 Å². The van der Waals surface area contributed by atoms with Gasteiger partial charge in [0.2, 0.25) is 5.91 Å². The summed E-state index contributed by atoms with van der Waals surface area (Å²) in [6.45, 7) is 3.81. The third kappa shape index (κ3) is 5.09. The molecule has 16 heavy (non-hydrogen) atoms. The Balaban J connectivity index is 4.24. The molecule has 4 N–H and O–H groups in total. The number of hydrogen-bond donors (Lipinski definition) is 3. The fraction of sp³-hybridized carbons (Fsp3) is 0.800. The van der Waals surface area contributed by atoms with E-state index in [0.29, 0.717) is 13.0 Å². The lowest BCUT2D eigenvalue weighted by Gasteiger charge is -2.20. The molecule has 6 nitrogen and oxygen atoms in total. The lowest BCUT2D eigenvalue weighted by molar-refractivity contribution is -0.143. The van der Waals surface area contributed by atoms with Crippen molar-refractivity contribution < 1.29 is 19.4 Å². The monoisotopic (exact) mass is 232 g/mol. The van der Waals surface area contributed by atoms with E-state index in [-0.39, 0.29) is 5.92 Å². The van der Waals surface area contributed by atoms with Crippen molar-refractivity contribution in [1.29, 1.82) is 0 Å². The Hall–Kier alpha value is -1.14. The van der Waals surface area contributed by atoms with Crippen molar-refractivity contribution in [3.05, 3.63) is 0 Å². The normalized spacial score (nSPS) is 14.6. The highest BCUT2D eigenvalue weighted by Gasteiger charge is 2.25. The summed E-state index contributed by atoms with van der Waals surface area (Å²) in [6, 6.07) is -1.64. The van der Waals surface area contributed by atoms with Gasteiger partial charge >= 0.3 is 5.97 Å². The first-order chi connectivity index (χ1) is 7.40. The minimum absolute atomic E-state index is 0.184. The van der Waals surface area contributed by atoms with Crippen LogP contribution in [-0.4, -0.2) is 42.8 Å². The lowest BCUT2D eigenvalue weighted by Crippen LogP contribution is -2.50. The SMILES string of the molecule is COCCC(N)C(=O)NC(C(=O)O)C(C)C. The number of ether oxygens (including phenoxy) is 1. The van der Waals surface area contributed by atoms with E-state index in [1.54, 1.807) is 13.8 Å². The predicted octanol–water partition coefficient (Wildman–Crippen LogP) is -0.424. The highest BCUT2D eigenvalue weighted by atomic mass is 16.5. The predicted molar refractivity (Wildman–Crippen MR) is 58.9 cm³/mol. The number of amides is 1. The molecule has 0 aromatic rings. The summed E-state index contributed by atoms with van der Waals surface area (Å²) in [5, 5.41) is 11.3. The van der Waals surface area contributed by atoms with Crippen molar-refractivity contribution in [2.45, 2.75) is 32.4 Å². The van der Waals surface area contributed by atoms with Gasteiger partial charge in [-0.2, -0.15) is 0 Å². The fourth-order valence-electron chi connectivity index (χ4n) is 1.15. The topological polar surface area (TPSA) is 102 Å². The molecule has 0 bridgehead atoms. The van der Waals surface area contributed by atoms with Gasteiger partial charge in [0, 0.05) is 13.7 Å². The Labute approximate surface area is 95.1 Å². The van der Waals surface area contributed by atoms with E-state index in [2.05, 4.69) is 5.32 Å². The van der Waals surface area contributed by atoms with E-state index in [4.69, 9.17) is 15.6 Å². The third-order valence-electron chi connectivity index (χ3n) is 2.20. The molecule has 0 radical (unpaired) electrons. The van der Waals surface area contributed by atoms with Crippen LogP contribution in [0.5, 0.6) is 0 Å². The summed E-state index contributed by atoms with van der Waals surface area (Å²) >= 11 is 0. The van der Waals surface area contributed by atoms with E-state index in [1.807, 2.05) is 0 Å². The van der Waals surface area contributed by atoms with Crippen molar-refractivity contribution in [2.75, 3.05) is 13.7 Å². The first kappa shape index (κ1) is 14.9. The van der Waals surface area contributed by atoms with Crippen molar-refractivity contribution in [1.82, 2.24) is 5.32 Å². The molecule has 0 aliphatic heterocycles. The minimum atomic E-state index is -1.05. The van der Waals surface area contributed by atoms with Crippen LogP contribution in [0.15, 0.2) is 0 Å².